The Morgan fingerprint density at radius 2 is 1.90 bits per heavy atom. The van der Waals surface area contributed by atoms with Gasteiger partial charge in [0.1, 0.15) is 0 Å². The number of rotatable bonds is 4. The van der Waals surface area contributed by atoms with Crippen molar-refractivity contribution in [3.8, 4) is 0 Å². The van der Waals surface area contributed by atoms with Crippen molar-refractivity contribution in [2.45, 2.75) is 51.6 Å². The Morgan fingerprint density at radius 3 is 2.48 bits per heavy atom. The molecule has 3 N–H and O–H groups in total. The molecule has 2 rings (SSSR count). The van der Waals surface area contributed by atoms with Crippen LogP contribution in [0, 0.1) is 12.8 Å². The Balaban J connectivity index is 1.77. The molecule has 0 saturated heterocycles. The van der Waals surface area contributed by atoms with Gasteiger partial charge in [-0.1, -0.05) is 31.0 Å². The second-order valence-corrected chi connectivity index (χ2v) is 6.25. The molecule has 0 heterocycles. The van der Waals surface area contributed by atoms with E-state index in [0.29, 0.717) is 6.54 Å². The van der Waals surface area contributed by atoms with Gasteiger partial charge < -0.3 is 15.7 Å². The van der Waals surface area contributed by atoms with E-state index < -0.39 is 5.60 Å². The maximum atomic E-state index is 11.9. The molecule has 1 saturated carbocycles. The summed E-state index contributed by atoms with van der Waals surface area (Å²) in [5, 5.41) is 16.1. The number of hydrogen-bond donors (Lipinski definition) is 3. The lowest BCUT2D eigenvalue weighted by molar-refractivity contribution is -0.00612. The summed E-state index contributed by atoms with van der Waals surface area (Å²) in [7, 11) is 0. The van der Waals surface area contributed by atoms with Crippen LogP contribution in [0.3, 0.4) is 0 Å². The summed E-state index contributed by atoms with van der Waals surface area (Å²) in [6, 6.07) is 7.39. The van der Waals surface area contributed by atoms with Crippen molar-refractivity contribution in [1.82, 2.24) is 5.32 Å². The Bertz CT molecular complexity index is 462. The predicted molar refractivity (Wildman–Crippen MR) is 85.4 cm³/mol. The van der Waals surface area contributed by atoms with Gasteiger partial charge in [0.05, 0.1) is 5.60 Å². The zero-order chi connectivity index (χ0) is 15.3. The molecule has 4 nitrogen and oxygen atoms in total. The highest BCUT2D eigenvalue weighted by atomic mass is 16.3. The third kappa shape index (κ3) is 4.74. The van der Waals surface area contributed by atoms with Crippen molar-refractivity contribution in [1.29, 1.82) is 0 Å². The zero-order valence-electron chi connectivity index (χ0n) is 13.0. The number of benzene rings is 1. The fourth-order valence-corrected chi connectivity index (χ4v) is 2.86. The number of urea groups is 1. The van der Waals surface area contributed by atoms with Crippen LogP contribution in [0.4, 0.5) is 10.5 Å². The largest absolute Gasteiger partial charge is 0.388 e. The van der Waals surface area contributed by atoms with Crippen LogP contribution in [-0.2, 0) is 0 Å². The van der Waals surface area contributed by atoms with Gasteiger partial charge in [0.25, 0.3) is 0 Å². The van der Waals surface area contributed by atoms with Gasteiger partial charge in [-0.15, -0.1) is 0 Å². The van der Waals surface area contributed by atoms with Gasteiger partial charge in [0.2, 0.25) is 0 Å². The van der Waals surface area contributed by atoms with E-state index in [1.165, 1.54) is 6.42 Å². The molecule has 4 heteroatoms. The van der Waals surface area contributed by atoms with Crippen molar-refractivity contribution in [3.63, 3.8) is 0 Å². The topological polar surface area (TPSA) is 61.4 Å². The fraction of sp³-hybridized carbons (Fsp3) is 0.588. The summed E-state index contributed by atoms with van der Waals surface area (Å²) >= 11 is 0. The van der Waals surface area contributed by atoms with Gasteiger partial charge in [-0.05, 0) is 50.7 Å². The molecular formula is C17H26N2O2. The first-order valence-electron chi connectivity index (χ1n) is 7.85. The molecule has 21 heavy (non-hydrogen) atoms. The number of hydrogen-bond acceptors (Lipinski definition) is 2. The molecular weight excluding hydrogens is 264 g/mol. The molecule has 2 amide bonds. The number of aryl methyl sites for hydroxylation is 1. The van der Waals surface area contributed by atoms with Crippen LogP contribution < -0.4 is 10.6 Å². The molecule has 0 atom stereocenters. The highest BCUT2D eigenvalue weighted by molar-refractivity contribution is 5.89. The van der Waals surface area contributed by atoms with E-state index in [0.717, 1.165) is 42.9 Å². The predicted octanol–water partition coefficient (Wildman–Crippen LogP) is 3.45. The van der Waals surface area contributed by atoms with E-state index in [4.69, 9.17) is 0 Å². The zero-order valence-corrected chi connectivity index (χ0v) is 13.0. The van der Waals surface area contributed by atoms with Gasteiger partial charge >= 0.3 is 6.03 Å². The van der Waals surface area contributed by atoms with Crippen LogP contribution in [0.25, 0.3) is 0 Å². The summed E-state index contributed by atoms with van der Waals surface area (Å²) in [6.07, 6.45) is 4.83. The van der Waals surface area contributed by atoms with Crippen LogP contribution in [0.5, 0.6) is 0 Å². The maximum Gasteiger partial charge on any atom is 0.319 e. The standard InChI is InChI=1S/C17H26N2O2/c1-3-14-8-10-17(21,11-9-14)12-18-16(20)19-15-6-4-13(2)5-7-15/h4-7,14,21H,3,8-12H2,1-2H3,(H2,18,19,20). The van der Waals surface area contributed by atoms with E-state index in [2.05, 4.69) is 17.6 Å². The van der Waals surface area contributed by atoms with E-state index in [-0.39, 0.29) is 6.03 Å². The van der Waals surface area contributed by atoms with Crippen LogP contribution in [0.2, 0.25) is 0 Å². The number of carbonyl (C=O) groups is 1. The highest BCUT2D eigenvalue weighted by Gasteiger charge is 2.32. The van der Waals surface area contributed by atoms with Gasteiger partial charge in [-0.2, -0.15) is 0 Å². The summed E-state index contributed by atoms with van der Waals surface area (Å²) < 4.78 is 0. The third-order valence-electron chi connectivity index (χ3n) is 4.50. The van der Waals surface area contributed by atoms with Crippen molar-refractivity contribution >= 4 is 11.7 Å². The van der Waals surface area contributed by atoms with Crippen molar-refractivity contribution in [2.24, 2.45) is 5.92 Å². The SMILES string of the molecule is CCC1CCC(O)(CNC(=O)Nc2ccc(C)cc2)CC1. The Kier molecular flexibility index (Phi) is 5.23. The number of nitrogens with one attached hydrogen (secondary N) is 2. The van der Waals surface area contributed by atoms with Gasteiger partial charge in [0, 0.05) is 12.2 Å². The molecule has 1 fully saturated rings. The molecule has 0 aromatic heterocycles. The highest BCUT2D eigenvalue weighted by Crippen LogP contribution is 2.33. The van der Waals surface area contributed by atoms with Gasteiger partial charge in [0.15, 0.2) is 0 Å². The minimum Gasteiger partial charge on any atom is -0.388 e. The number of carbonyl (C=O) groups excluding carboxylic acids is 1. The molecule has 1 aromatic rings. The first-order chi connectivity index (χ1) is 10.0. The molecule has 0 unspecified atom stereocenters. The lowest BCUT2D eigenvalue weighted by atomic mass is 9.78. The number of amides is 2. The maximum absolute atomic E-state index is 11.9. The second-order valence-electron chi connectivity index (χ2n) is 6.25. The van der Waals surface area contributed by atoms with Crippen LogP contribution in [-0.4, -0.2) is 23.3 Å². The Hall–Kier alpha value is -1.55. The van der Waals surface area contributed by atoms with Gasteiger partial charge in [-0.25, -0.2) is 4.79 Å². The van der Waals surface area contributed by atoms with Crippen LogP contribution in [0.15, 0.2) is 24.3 Å². The molecule has 0 radical (unpaired) electrons. The quantitative estimate of drug-likeness (QED) is 0.795. The van der Waals surface area contributed by atoms with Crippen LogP contribution >= 0.6 is 0 Å². The Labute approximate surface area is 126 Å². The fourth-order valence-electron chi connectivity index (χ4n) is 2.86. The first kappa shape index (κ1) is 15.8. The van der Waals surface area contributed by atoms with E-state index >= 15 is 0 Å². The van der Waals surface area contributed by atoms with Gasteiger partial charge in [-0.3, -0.25) is 0 Å². The van der Waals surface area contributed by atoms with Crippen LogP contribution in [0.1, 0.15) is 44.6 Å². The van der Waals surface area contributed by atoms with Crippen molar-refractivity contribution in [2.75, 3.05) is 11.9 Å². The third-order valence-corrected chi connectivity index (χ3v) is 4.50. The summed E-state index contributed by atoms with van der Waals surface area (Å²) in [5.41, 5.74) is 1.18. The van der Waals surface area contributed by atoms with E-state index in [9.17, 15) is 9.90 Å². The number of anilines is 1. The summed E-state index contributed by atoms with van der Waals surface area (Å²) in [4.78, 5) is 11.9. The average molecular weight is 290 g/mol. The second kappa shape index (κ2) is 6.94. The normalized spacial score (nSPS) is 25.4. The summed E-state index contributed by atoms with van der Waals surface area (Å²) in [5.74, 6) is 0.728. The minimum absolute atomic E-state index is 0.259. The lowest BCUT2D eigenvalue weighted by Crippen LogP contribution is -2.46. The molecule has 1 aromatic carbocycles. The molecule has 1 aliphatic carbocycles. The molecule has 116 valence electrons. The average Bonchev–Trinajstić information content (AvgIpc) is 2.49. The van der Waals surface area contributed by atoms with Crippen molar-refractivity contribution < 1.29 is 9.90 Å². The molecule has 0 bridgehead atoms. The minimum atomic E-state index is -0.740. The first-order valence-corrected chi connectivity index (χ1v) is 7.85. The van der Waals surface area contributed by atoms with E-state index in [1.54, 1.807) is 0 Å². The molecule has 0 aliphatic heterocycles. The lowest BCUT2D eigenvalue weighted by Gasteiger charge is -2.35. The molecule has 1 aliphatic rings. The Morgan fingerprint density at radius 1 is 1.29 bits per heavy atom. The summed E-state index contributed by atoms with van der Waals surface area (Å²) in [6.45, 7) is 4.52. The monoisotopic (exact) mass is 290 g/mol. The molecule has 0 spiro atoms. The van der Waals surface area contributed by atoms with E-state index in [1.807, 2.05) is 31.2 Å². The number of aliphatic hydroxyl groups is 1. The van der Waals surface area contributed by atoms with Crippen molar-refractivity contribution in [3.05, 3.63) is 29.8 Å². The smallest absolute Gasteiger partial charge is 0.319 e.